The molecule has 1 heterocycles. The largest absolute Gasteiger partial charge is 0.466 e. The molecule has 2 aromatic rings. The van der Waals surface area contributed by atoms with Crippen LogP contribution in [0.25, 0.3) is 0 Å². The van der Waals surface area contributed by atoms with Crippen LogP contribution in [0.2, 0.25) is 0 Å². The van der Waals surface area contributed by atoms with Gasteiger partial charge in [-0.05, 0) is 31.2 Å². The number of rotatable bonds is 7. The second kappa shape index (κ2) is 9.05. The zero-order valence-corrected chi connectivity index (χ0v) is 14.6. The van der Waals surface area contributed by atoms with Crippen LogP contribution in [-0.2, 0) is 20.7 Å². The summed E-state index contributed by atoms with van der Waals surface area (Å²) in [5, 5.41) is 13.3. The second-order valence-electron chi connectivity index (χ2n) is 4.61. The van der Waals surface area contributed by atoms with Crippen molar-refractivity contribution < 1.29 is 14.3 Å². The zero-order chi connectivity index (χ0) is 17.4. The summed E-state index contributed by atoms with van der Waals surface area (Å²) in [5.74, 6) is -0.253. The lowest BCUT2D eigenvalue weighted by molar-refractivity contribution is -0.142. The minimum atomic E-state index is -0.307. The molecule has 0 aliphatic heterocycles. The molecule has 1 N–H and O–H groups in total. The Bertz CT molecular complexity index is 751. The number of thiazole rings is 1. The van der Waals surface area contributed by atoms with E-state index in [1.807, 2.05) is 6.07 Å². The van der Waals surface area contributed by atoms with E-state index in [1.54, 1.807) is 36.6 Å². The van der Waals surface area contributed by atoms with E-state index in [9.17, 15) is 9.59 Å². The summed E-state index contributed by atoms with van der Waals surface area (Å²) in [6.45, 7) is 2.10. The SMILES string of the molecule is CCOC(=O)Cc1csc(SCC(=O)Nc2ccc(C#N)cc2)n1. The summed E-state index contributed by atoms with van der Waals surface area (Å²) in [6.07, 6.45) is 0.141. The Morgan fingerprint density at radius 3 is 2.79 bits per heavy atom. The summed E-state index contributed by atoms with van der Waals surface area (Å²) in [6, 6.07) is 8.67. The van der Waals surface area contributed by atoms with Gasteiger partial charge in [-0.1, -0.05) is 11.8 Å². The number of benzene rings is 1. The maximum absolute atomic E-state index is 11.9. The molecule has 0 aliphatic rings. The summed E-state index contributed by atoms with van der Waals surface area (Å²) < 4.78 is 5.60. The molecular weight excluding hydrogens is 346 g/mol. The number of anilines is 1. The molecule has 0 fully saturated rings. The monoisotopic (exact) mass is 361 g/mol. The van der Waals surface area contributed by atoms with Gasteiger partial charge in [0.1, 0.15) is 0 Å². The van der Waals surface area contributed by atoms with Gasteiger partial charge in [-0.15, -0.1) is 11.3 Å². The maximum atomic E-state index is 11.9. The molecule has 0 saturated carbocycles. The Labute approximate surface area is 147 Å². The van der Waals surface area contributed by atoms with Gasteiger partial charge in [0.05, 0.1) is 36.1 Å². The highest BCUT2D eigenvalue weighted by molar-refractivity contribution is 8.01. The number of carbonyl (C=O) groups excluding carboxylic acids is 2. The molecule has 0 saturated heterocycles. The second-order valence-corrected chi connectivity index (χ2v) is 6.69. The van der Waals surface area contributed by atoms with Gasteiger partial charge in [0.2, 0.25) is 5.91 Å². The van der Waals surface area contributed by atoms with Gasteiger partial charge in [-0.25, -0.2) is 4.98 Å². The van der Waals surface area contributed by atoms with Crippen LogP contribution in [-0.4, -0.2) is 29.2 Å². The van der Waals surface area contributed by atoms with Crippen LogP contribution < -0.4 is 5.32 Å². The number of amides is 1. The predicted octanol–water partition coefficient (Wildman–Crippen LogP) is 2.85. The third-order valence-corrected chi connectivity index (χ3v) is 4.86. The van der Waals surface area contributed by atoms with Crippen molar-refractivity contribution in [3.63, 3.8) is 0 Å². The molecule has 1 aromatic heterocycles. The molecule has 2 rings (SSSR count). The van der Waals surface area contributed by atoms with Gasteiger partial charge < -0.3 is 10.1 Å². The molecule has 0 atom stereocenters. The van der Waals surface area contributed by atoms with Crippen molar-refractivity contribution in [2.24, 2.45) is 0 Å². The molecule has 0 unspecified atom stereocenters. The van der Waals surface area contributed by atoms with E-state index in [-0.39, 0.29) is 24.1 Å². The Morgan fingerprint density at radius 2 is 2.12 bits per heavy atom. The molecular formula is C16H15N3O3S2. The Hall–Kier alpha value is -2.37. The van der Waals surface area contributed by atoms with E-state index < -0.39 is 0 Å². The van der Waals surface area contributed by atoms with Gasteiger partial charge in [0.25, 0.3) is 0 Å². The number of carbonyl (C=O) groups is 2. The van der Waals surface area contributed by atoms with E-state index in [2.05, 4.69) is 10.3 Å². The van der Waals surface area contributed by atoms with Gasteiger partial charge in [0, 0.05) is 11.1 Å². The van der Waals surface area contributed by atoms with Gasteiger partial charge >= 0.3 is 5.97 Å². The lowest BCUT2D eigenvalue weighted by Crippen LogP contribution is -2.13. The normalized spacial score (nSPS) is 10.0. The molecule has 124 valence electrons. The molecule has 1 aromatic carbocycles. The molecule has 0 spiro atoms. The van der Waals surface area contributed by atoms with Gasteiger partial charge in [0.15, 0.2) is 4.34 Å². The number of nitrogens with one attached hydrogen (secondary N) is 1. The number of ether oxygens (including phenoxy) is 1. The van der Waals surface area contributed by atoms with Crippen molar-refractivity contribution in [3.8, 4) is 6.07 Å². The molecule has 8 heteroatoms. The first-order valence-electron chi connectivity index (χ1n) is 7.13. The first-order chi connectivity index (χ1) is 11.6. The van der Waals surface area contributed by atoms with E-state index in [0.717, 1.165) is 4.34 Å². The minimum Gasteiger partial charge on any atom is -0.466 e. The van der Waals surface area contributed by atoms with E-state index in [4.69, 9.17) is 10.00 Å². The number of nitriles is 1. The molecule has 0 radical (unpaired) electrons. The summed E-state index contributed by atoms with van der Waals surface area (Å²) in [5.41, 5.74) is 1.83. The quantitative estimate of drug-likeness (QED) is 0.602. The van der Waals surface area contributed by atoms with Crippen molar-refractivity contribution in [2.45, 2.75) is 17.7 Å². The van der Waals surface area contributed by atoms with Crippen LogP contribution in [0.15, 0.2) is 34.0 Å². The number of hydrogen-bond donors (Lipinski definition) is 1. The third-order valence-electron chi connectivity index (χ3n) is 2.79. The van der Waals surface area contributed by atoms with Crippen LogP contribution in [0.4, 0.5) is 5.69 Å². The molecule has 0 aliphatic carbocycles. The fraction of sp³-hybridized carbons (Fsp3) is 0.250. The van der Waals surface area contributed by atoms with Gasteiger partial charge in [-0.3, -0.25) is 9.59 Å². The smallest absolute Gasteiger partial charge is 0.311 e. The highest BCUT2D eigenvalue weighted by Crippen LogP contribution is 2.23. The topological polar surface area (TPSA) is 92.1 Å². The average molecular weight is 361 g/mol. The van der Waals surface area contributed by atoms with Crippen molar-refractivity contribution in [2.75, 3.05) is 17.7 Å². The predicted molar refractivity (Wildman–Crippen MR) is 93.0 cm³/mol. The molecule has 6 nitrogen and oxygen atoms in total. The molecule has 0 bridgehead atoms. The highest BCUT2D eigenvalue weighted by atomic mass is 32.2. The first kappa shape index (κ1) is 18.0. The lowest BCUT2D eigenvalue weighted by Gasteiger charge is -2.04. The molecule has 24 heavy (non-hydrogen) atoms. The number of aromatic nitrogens is 1. The van der Waals surface area contributed by atoms with Crippen molar-refractivity contribution in [3.05, 3.63) is 40.9 Å². The van der Waals surface area contributed by atoms with Crippen LogP contribution in [0.3, 0.4) is 0 Å². The van der Waals surface area contributed by atoms with Crippen LogP contribution in [0.1, 0.15) is 18.2 Å². The Morgan fingerprint density at radius 1 is 1.38 bits per heavy atom. The fourth-order valence-corrected chi connectivity index (χ4v) is 3.39. The summed E-state index contributed by atoms with van der Waals surface area (Å²) in [4.78, 5) is 27.6. The van der Waals surface area contributed by atoms with E-state index >= 15 is 0 Å². The number of thioether (sulfide) groups is 1. The highest BCUT2D eigenvalue weighted by Gasteiger charge is 2.10. The van der Waals surface area contributed by atoms with Crippen LogP contribution in [0.5, 0.6) is 0 Å². The Kier molecular flexibility index (Phi) is 6.78. The third kappa shape index (κ3) is 5.68. The van der Waals surface area contributed by atoms with Crippen molar-refractivity contribution in [1.29, 1.82) is 5.26 Å². The Balaban J connectivity index is 1.80. The minimum absolute atomic E-state index is 0.141. The average Bonchev–Trinajstić information content (AvgIpc) is 3.01. The maximum Gasteiger partial charge on any atom is 0.311 e. The van der Waals surface area contributed by atoms with Crippen molar-refractivity contribution >= 4 is 40.7 Å². The van der Waals surface area contributed by atoms with Gasteiger partial charge in [-0.2, -0.15) is 5.26 Å². The zero-order valence-electron chi connectivity index (χ0n) is 12.9. The fourth-order valence-electron chi connectivity index (χ4n) is 1.75. The summed E-state index contributed by atoms with van der Waals surface area (Å²) >= 11 is 2.70. The number of nitrogens with zero attached hydrogens (tertiary/aromatic N) is 2. The number of esters is 1. The van der Waals surface area contributed by atoms with E-state index in [0.29, 0.717) is 23.6 Å². The first-order valence-corrected chi connectivity index (χ1v) is 9.00. The number of hydrogen-bond acceptors (Lipinski definition) is 7. The van der Waals surface area contributed by atoms with Crippen LogP contribution >= 0.6 is 23.1 Å². The molecule has 1 amide bonds. The standard InChI is InChI=1S/C16H15N3O3S2/c1-2-22-15(21)7-13-9-23-16(19-13)24-10-14(20)18-12-5-3-11(8-17)4-6-12/h3-6,9H,2,7,10H2,1H3,(H,18,20). The summed E-state index contributed by atoms with van der Waals surface area (Å²) in [7, 11) is 0. The lowest BCUT2D eigenvalue weighted by atomic mass is 10.2. The van der Waals surface area contributed by atoms with Crippen molar-refractivity contribution in [1.82, 2.24) is 4.98 Å². The van der Waals surface area contributed by atoms with E-state index in [1.165, 1.54) is 23.1 Å². The van der Waals surface area contributed by atoms with Crippen LogP contribution in [0, 0.1) is 11.3 Å².